The van der Waals surface area contributed by atoms with E-state index in [0.29, 0.717) is 28.3 Å². The van der Waals surface area contributed by atoms with E-state index < -0.39 is 11.5 Å². The van der Waals surface area contributed by atoms with Gasteiger partial charge >= 0.3 is 5.97 Å². The van der Waals surface area contributed by atoms with Crippen molar-refractivity contribution in [1.82, 2.24) is 30.9 Å². The Kier molecular flexibility index (Phi) is 4.48. The number of esters is 1. The molecule has 0 unspecified atom stereocenters. The second-order valence-corrected chi connectivity index (χ2v) is 5.66. The number of rotatable bonds is 5. The molecule has 0 spiro atoms. The van der Waals surface area contributed by atoms with Gasteiger partial charge in [0.1, 0.15) is 5.69 Å². The van der Waals surface area contributed by atoms with Crippen LogP contribution in [0.25, 0.3) is 0 Å². The molecule has 0 aromatic carbocycles. The third-order valence-electron chi connectivity index (χ3n) is 3.47. The molecule has 2 aromatic heterocycles. The molecule has 0 atom stereocenters. The Hall–Kier alpha value is -2.71. The van der Waals surface area contributed by atoms with E-state index in [0.717, 1.165) is 0 Å². The quantitative estimate of drug-likeness (QED) is 0.705. The lowest BCUT2D eigenvalue weighted by atomic mass is 10.0. The van der Waals surface area contributed by atoms with E-state index >= 15 is 0 Å². The highest BCUT2D eigenvalue weighted by atomic mass is 16.5. The fourth-order valence-electron chi connectivity index (χ4n) is 2.32. The van der Waals surface area contributed by atoms with E-state index in [1.54, 1.807) is 34.6 Å². The number of aromatic nitrogens is 5. The van der Waals surface area contributed by atoms with Crippen molar-refractivity contribution in [2.75, 3.05) is 6.61 Å². The van der Waals surface area contributed by atoms with Crippen LogP contribution in [0.15, 0.2) is 0 Å². The molecule has 3 N–H and O–H groups in total. The minimum atomic E-state index is -0.820. The highest BCUT2D eigenvalue weighted by Crippen LogP contribution is 2.21. The second kappa shape index (κ2) is 6.19. The number of H-pyrrole nitrogens is 2. The summed E-state index contributed by atoms with van der Waals surface area (Å²) in [5.41, 5.74) is 1.00. The maximum Gasteiger partial charge on any atom is 0.340 e. The minimum Gasteiger partial charge on any atom is -0.462 e. The lowest BCUT2D eigenvalue weighted by molar-refractivity contribution is 0.0525. The summed E-state index contributed by atoms with van der Waals surface area (Å²) in [6, 6.07) is 0. The maximum atomic E-state index is 12.5. The van der Waals surface area contributed by atoms with Crippen LogP contribution in [0.4, 0.5) is 0 Å². The molecule has 0 saturated carbocycles. The van der Waals surface area contributed by atoms with E-state index in [2.05, 4.69) is 30.9 Å². The van der Waals surface area contributed by atoms with E-state index in [9.17, 15) is 9.59 Å². The van der Waals surface area contributed by atoms with Crippen LogP contribution in [0.5, 0.6) is 0 Å². The molecule has 9 heteroatoms. The van der Waals surface area contributed by atoms with Crippen LogP contribution >= 0.6 is 0 Å². The number of tetrazole rings is 1. The number of nitrogens with zero attached hydrogens (tertiary/aromatic N) is 3. The van der Waals surface area contributed by atoms with Gasteiger partial charge in [-0.05, 0) is 40.2 Å². The lowest BCUT2D eigenvalue weighted by Crippen LogP contribution is -2.42. The Bertz CT molecular complexity index is 717. The molecular weight excluding hydrogens is 300 g/mol. The molecule has 2 heterocycles. The van der Waals surface area contributed by atoms with Crippen molar-refractivity contribution in [3.63, 3.8) is 0 Å². The number of ether oxygens (including phenoxy) is 1. The SMILES string of the molecule is CCOC(=O)c1c(C)[nH]c(C(=O)NC(C)(C)c2nn[nH]n2)c1C. The predicted molar refractivity (Wildman–Crippen MR) is 80.9 cm³/mol. The standard InChI is InChI=1S/C14H20N6O3/c1-6-23-12(22)9-7(2)10(15-8(9)3)11(21)16-14(4,5)13-17-19-20-18-13/h15H,6H2,1-5H3,(H,16,21)(H,17,18,19,20). The molecule has 0 fully saturated rings. The number of carbonyl (C=O) groups excluding carboxylic acids is 2. The lowest BCUT2D eigenvalue weighted by Gasteiger charge is -2.22. The summed E-state index contributed by atoms with van der Waals surface area (Å²) in [5, 5.41) is 16.4. The zero-order valence-corrected chi connectivity index (χ0v) is 13.8. The Morgan fingerprint density at radius 2 is 2.00 bits per heavy atom. The molecule has 0 aliphatic carbocycles. The summed E-state index contributed by atoms with van der Waals surface area (Å²) < 4.78 is 5.02. The molecule has 9 nitrogen and oxygen atoms in total. The fraction of sp³-hybridized carbons (Fsp3) is 0.500. The second-order valence-electron chi connectivity index (χ2n) is 5.66. The summed E-state index contributed by atoms with van der Waals surface area (Å²) in [4.78, 5) is 27.5. The van der Waals surface area contributed by atoms with Crippen molar-refractivity contribution in [3.8, 4) is 0 Å². The van der Waals surface area contributed by atoms with Crippen LogP contribution in [0.2, 0.25) is 0 Å². The van der Waals surface area contributed by atoms with Crippen molar-refractivity contribution >= 4 is 11.9 Å². The number of aryl methyl sites for hydroxylation is 1. The first-order valence-electron chi connectivity index (χ1n) is 7.20. The zero-order valence-electron chi connectivity index (χ0n) is 13.8. The molecule has 2 rings (SSSR count). The van der Waals surface area contributed by atoms with Crippen LogP contribution in [-0.2, 0) is 10.3 Å². The number of carbonyl (C=O) groups is 2. The monoisotopic (exact) mass is 320 g/mol. The van der Waals surface area contributed by atoms with Gasteiger partial charge in [0.2, 0.25) is 0 Å². The molecule has 0 bridgehead atoms. The van der Waals surface area contributed by atoms with Gasteiger partial charge < -0.3 is 15.0 Å². The highest BCUT2D eigenvalue weighted by molar-refractivity contribution is 6.00. The van der Waals surface area contributed by atoms with Gasteiger partial charge in [0.25, 0.3) is 5.91 Å². The maximum absolute atomic E-state index is 12.5. The summed E-state index contributed by atoms with van der Waals surface area (Å²) in [6.45, 7) is 8.94. The van der Waals surface area contributed by atoms with Gasteiger partial charge in [-0.25, -0.2) is 4.79 Å². The Morgan fingerprint density at radius 1 is 1.30 bits per heavy atom. The molecule has 124 valence electrons. The number of amides is 1. The third-order valence-corrected chi connectivity index (χ3v) is 3.47. The number of hydrogen-bond acceptors (Lipinski definition) is 6. The van der Waals surface area contributed by atoms with E-state index in [4.69, 9.17) is 4.74 Å². The smallest absolute Gasteiger partial charge is 0.340 e. The van der Waals surface area contributed by atoms with Gasteiger partial charge in [0, 0.05) is 5.69 Å². The van der Waals surface area contributed by atoms with Crippen molar-refractivity contribution in [3.05, 3.63) is 28.3 Å². The first-order valence-corrected chi connectivity index (χ1v) is 7.20. The number of hydrogen-bond donors (Lipinski definition) is 3. The summed E-state index contributed by atoms with van der Waals surface area (Å²) in [5.74, 6) is -0.455. The van der Waals surface area contributed by atoms with Crippen LogP contribution in [0, 0.1) is 13.8 Å². The molecule has 23 heavy (non-hydrogen) atoms. The van der Waals surface area contributed by atoms with Crippen molar-refractivity contribution in [1.29, 1.82) is 0 Å². The predicted octanol–water partition coefficient (Wildman–Crippen LogP) is 0.986. The highest BCUT2D eigenvalue weighted by Gasteiger charge is 2.30. The average molecular weight is 320 g/mol. The van der Waals surface area contributed by atoms with Gasteiger partial charge in [0.05, 0.1) is 17.7 Å². The van der Waals surface area contributed by atoms with Crippen molar-refractivity contribution in [2.24, 2.45) is 0 Å². The van der Waals surface area contributed by atoms with E-state index in [1.165, 1.54) is 0 Å². The molecule has 0 saturated heterocycles. The van der Waals surface area contributed by atoms with Crippen LogP contribution in [-0.4, -0.2) is 44.1 Å². The van der Waals surface area contributed by atoms with E-state index in [1.807, 2.05) is 0 Å². The zero-order chi connectivity index (χ0) is 17.2. The molecule has 0 aliphatic rings. The van der Waals surface area contributed by atoms with Crippen LogP contribution in [0.1, 0.15) is 58.7 Å². The third kappa shape index (κ3) is 3.22. The number of nitrogens with one attached hydrogen (secondary N) is 3. The topological polar surface area (TPSA) is 126 Å². The van der Waals surface area contributed by atoms with Gasteiger partial charge in [-0.15, -0.1) is 10.2 Å². The van der Waals surface area contributed by atoms with Crippen molar-refractivity contribution < 1.29 is 14.3 Å². The fourth-order valence-corrected chi connectivity index (χ4v) is 2.32. The van der Waals surface area contributed by atoms with E-state index in [-0.39, 0.29) is 12.5 Å². The summed E-state index contributed by atoms with van der Waals surface area (Å²) in [7, 11) is 0. The van der Waals surface area contributed by atoms with Crippen LogP contribution < -0.4 is 5.32 Å². The van der Waals surface area contributed by atoms with Gasteiger partial charge in [0.15, 0.2) is 5.82 Å². The number of aromatic amines is 2. The molecule has 0 aliphatic heterocycles. The van der Waals surface area contributed by atoms with Gasteiger partial charge in [-0.1, -0.05) is 5.21 Å². The Balaban J connectivity index is 2.27. The first-order chi connectivity index (χ1) is 10.8. The van der Waals surface area contributed by atoms with Crippen LogP contribution in [0.3, 0.4) is 0 Å². The Labute approximate surface area is 133 Å². The summed E-state index contributed by atoms with van der Waals surface area (Å²) >= 11 is 0. The van der Waals surface area contributed by atoms with Gasteiger partial charge in [-0.2, -0.15) is 5.21 Å². The molecule has 2 aromatic rings. The Morgan fingerprint density at radius 3 is 2.57 bits per heavy atom. The molecule has 0 radical (unpaired) electrons. The molecule has 1 amide bonds. The first kappa shape index (κ1) is 16.7. The summed E-state index contributed by atoms with van der Waals surface area (Å²) in [6.07, 6.45) is 0. The molecular formula is C14H20N6O3. The van der Waals surface area contributed by atoms with Gasteiger partial charge in [-0.3, -0.25) is 4.79 Å². The average Bonchev–Trinajstić information content (AvgIpc) is 3.07. The largest absolute Gasteiger partial charge is 0.462 e. The minimum absolute atomic E-state index is 0.273. The van der Waals surface area contributed by atoms with Crippen molar-refractivity contribution in [2.45, 2.75) is 40.2 Å². The normalized spacial score (nSPS) is 11.3.